The van der Waals surface area contributed by atoms with E-state index >= 15 is 0 Å². The summed E-state index contributed by atoms with van der Waals surface area (Å²) in [6.45, 7) is 0.290. The number of rotatable bonds is 6. The topological polar surface area (TPSA) is 75.6 Å². The number of carbonyl (C=O) groups is 2. The zero-order chi connectivity index (χ0) is 14.7. The lowest BCUT2D eigenvalue weighted by Crippen LogP contribution is -2.31. The summed E-state index contributed by atoms with van der Waals surface area (Å²) in [5.74, 6) is -2.10. The first-order chi connectivity index (χ1) is 9.52. The number of amides is 1. The maximum Gasteiger partial charge on any atom is 0.307 e. The van der Waals surface area contributed by atoms with Crippen LogP contribution in [0.15, 0.2) is 24.3 Å². The second kappa shape index (κ2) is 6.24. The van der Waals surface area contributed by atoms with Crippen LogP contribution in [0.2, 0.25) is 5.02 Å². The lowest BCUT2D eigenvalue weighted by molar-refractivity contribution is -0.140. The largest absolute Gasteiger partial charge is 0.481 e. The number of benzene rings is 1. The van der Waals surface area contributed by atoms with Crippen LogP contribution in [-0.2, 0) is 14.3 Å². The van der Waals surface area contributed by atoms with Crippen LogP contribution in [0.4, 0.5) is 0 Å². The molecule has 2 N–H and O–H groups in total. The Labute approximate surface area is 121 Å². The molecular formula is C14H16ClNO4. The Morgan fingerprint density at radius 3 is 2.80 bits per heavy atom. The number of halogens is 1. The molecule has 1 amide bonds. The van der Waals surface area contributed by atoms with Crippen LogP contribution in [0, 0.1) is 11.8 Å². The molecule has 1 aliphatic carbocycles. The van der Waals surface area contributed by atoms with E-state index in [1.54, 1.807) is 19.2 Å². The summed E-state index contributed by atoms with van der Waals surface area (Å²) in [6, 6.07) is 7.22. The summed E-state index contributed by atoms with van der Waals surface area (Å²) in [4.78, 5) is 22.5. The van der Waals surface area contributed by atoms with E-state index in [-0.39, 0.29) is 12.0 Å². The van der Waals surface area contributed by atoms with Crippen LogP contribution >= 0.6 is 11.6 Å². The second-order valence-corrected chi connectivity index (χ2v) is 5.25. The fourth-order valence-electron chi connectivity index (χ4n) is 2.13. The van der Waals surface area contributed by atoms with Gasteiger partial charge in [0.25, 0.3) is 0 Å². The van der Waals surface area contributed by atoms with Crippen molar-refractivity contribution in [2.24, 2.45) is 11.8 Å². The fourth-order valence-corrected chi connectivity index (χ4v) is 2.32. The fraction of sp³-hybridized carbons (Fsp3) is 0.429. The highest BCUT2D eigenvalue weighted by atomic mass is 35.5. The third-order valence-corrected chi connectivity index (χ3v) is 3.65. The first-order valence-corrected chi connectivity index (χ1v) is 6.69. The molecule has 108 valence electrons. The lowest BCUT2D eigenvalue weighted by atomic mass is 10.1. The zero-order valence-electron chi connectivity index (χ0n) is 11.0. The number of methoxy groups -OCH3 is 1. The van der Waals surface area contributed by atoms with Crippen molar-refractivity contribution >= 4 is 23.5 Å². The standard InChI is InChI=1S/C14H16ClNO4/c1-20-12(8-3-2-4-9(15)5-8)7-16-13(17)10-6-11(10)14(18)19/h2-5,10-12H,6-7H2,1H3,(H,16,17)(H,18,19). The van der Waals surface area contributed by atoms with Crippen molar-refractivity contribution in [2.45, 2.75) is 12.5 Å². The third-order valence-electron chi connectivity index (χ3n) is 3.41. The summed E-state index contributed by atoms with van der Waals surface area (Å²) < 4.78 is 5.33. The van der Waals surface area contributed by atoms with E-state index in [1.807, 2.05) is 12.1 Å². The van der Waals surface area contributed by atoms with Gasteiger partial charge in [0.05, 0.1) is 17.9 Å². The molecule has 1 aromatic carbocycles. The van der Waals surface area contributed by atoms with Gasteiger partial charge >= 0.3 is 5.97 Å². The SMILES string of the molecule is COC(CNC(=O)C1CC1C(=O)O)c1cccc(Cl)c1. The summed E-state index contributed by atoms with van der Waals surface area (Å²) in [7, 11) is 1.55. The Kier molecular flexibility index (Phi) is 4.62. The molecule has 2 rings (SSSR count). The molecule has 3 unspecified atom stereocenters. The molecule has 0 radical (unpaired) electrons. The Hall–Kier alpha value is -1.59. The van der Waals surface area contributed by atoms with Gasteiger partial charge in [-0.3, -0.25) is 9.59 Å². The number of carboxylic acid groups (broad SMARTS) is 1. The molecule has 6 heteroatoms. The number of hydrogen-bond donors (Lipinski definition) is 2. The second-order valence-electron chi connectivity index (χ2n) is 4.81. The van der Waals surface area contributed by atoms with Crippen LogP contribution in [0.3, 0.4) is 0 Å². The van der Waals surface area contributed by atoms with Gasteiger partial charge in [-0.1, -0.05) is 23.7 Å². The highest BCUT2D eigenvalue weighted by molar-refractivity contribution is 6.30. The van der Waals surface area contributed by atoms with Crippen LogP contribution in [0.1, 0.15) is 18.1 Å². The van der Waals surface area contributed by atoms with E-state index in [1.165, 1.54) is 0 Å². The van der Waals surface area contributed by atoms with Gasteiger partial charge in [-0.25, -0.2) is 0 Å². The third kappa shape index (κ3) is 3.49. The molecule has 20 heavy (non-hydrogen) atoms. The molecule has 0 saturated heterocycles. The number of aliphatic carboxylic acids is 1. The van der Waals surface area contributed by atoms with Gasteiger partial charge in [-0.15, -0.1) is 0 Å². The smallest absolute Gasteiger partial charge is 0.307 e. The maximum absolute atomic E-state index is 11.8. The predicted molar refractivity (Wildman–Crippen MR) is 73.4 cm³/mol. The predicted octanol–water partition coefficient (Wildman–Crippen LogP) is 1.86. The minimum absolute atomic E-state index is 0.235. The normalized spacial score (nSPS) is 22.1. The van der Waals surface area contributed by atoms with Crippen molar-refractivity contribution in [3.63, 3.8) is 0 Å². The summed E-state index contributed by atoms with van der Waals surface area (Å²) in [5, 5.41) is 12.1. The molecule has 0 spiro atoms. The van der Waals surface area contributed by atoms with E-state index in [2.05, 4.69) is 5.32 Å². The molecule has 3 atom stereocenters. The molecule has 1 aliphatic rings. The van der Waals surface area contributed by atoms with E-state index in [9.17, 15) is 9.59 Å². The highest BCUT2D eigenvalue weighted by Gasteiger charge is 2.48. The number of ether oxygens (including phenoxy) is 1. The van der Waals surface area contributed by atoms with Gasteiger partial charge in [0.15, 0.2) is 0 Å². The molecule has 1 fully saturated rings. The van der Waals surface area contributed by atoms with Gasteiger partial charge < -0.3 is 15.2 Å². The Morgan fingerprint density at radius 2 is 2.25 bits per heavy atom. The van der Waals surface area contributed by atoms with E-state index < -0.39 is 17.8 Å². The Balaban J connectivity index is 1.89. The van der Waals surface area contributed by atoms with Gasteiger partial charge in [0, 0.05) is 18.7 Å². The van der Waals surface area contributed by atoms with Crippen molar-refractivity contribution in [3.8, 4) is 0 Å². The lowest BCUT2D eigenvalue weighted by Gasteiger charge is -2.16. The molecule has 5 nitrogen and oxygen atoms in total. The number of carbonyl (C=O) groups excluding carboxylic acids is 1. The van der Waals surface area contributed by atoms with Crippen molar-refractivity contribution in [2.75, 3.05) is 13.7 Å². The van der Waals surface area contributed by atoms with E-state index in [4.69, 9.17) is 21.4 Å². The quantitative estimate of drug-likeness (QED) is 0.840. The minimum atomic E-state index is -0.914. The van der Waals surface area contributed by atoms with Crippen LogP contribution in [0.25, 0.3) is 0 Å². The van der Waals surface area contributed by atoms with Crippen molar-refractivity contribution in [1.82, 2.24) is 5.32 Å². The monoisotopic (exact) mass is 297 g/mol. The molecule has 0 bridgehead atoms. The molecule has 0 aromatic heterocycles. The number of carboxylic acids is 1. The maximum atomic E-state index is 11.8. The van der Waals surface area contributed by atoms with Crippen molar-refractivity contribution in [1.29, 1.82) is 0 Å². The average molecular weight is 298 g/mol. The minimum Gasteiger partial charge on any atom is -0.481 e. The van der Waals surface area contributed by atoms with Gasteiger partial charge in [0.2, 0.25) is 5.91 Å². The molecule has 0 heterocycles. The zero-order valence-corrected chi connectivity index (χ0v) is 11.8. The molecular weight excluding hydrogens is 282 g/mol. The van der Waals surface area contributed by atoms with Gasteiger partial charge in [0.1, 0.15) is 0 Å². The Bertz CT molecular complexity index is 520. The van der Waals surface area contributed by atoms with Crippen LogP contribution < -0.4 is 5.32 Å². The first-order valence-electron chi connectivity index (χ1n) is 6.31. The van der Waals surface area contributed by atoms with Gasteiger partial charge in [-0.05, 0) is 24.1 Å². The van der Waals surface area contributed by atoms with Crippen molar-refractivity contribution in [3.05, 3.63) is 34.9 Å². The van der Waals surface area contributed by atoms with Crippen molar-refractivity contribution < 1.29 is 19.4 Å². The first kappa shape index (κ1) is 14.8. The molecule has 1 aromatic rings. The van der Waals surface area contributed by atoms with Crippen LogP contribution in [0.5, 0.6) is 0 Å². The number of nitrogens with one attached hydrogen (secondary N) is 1. The summed E-state index contributed by atoms with van der Waals surface area (Å²) in [6.07, 6.45) is 0.107. The van der Waals surface area contributed by atoms with E-state index in [0.29, 0.717) is 18.0 Å². The summed E-state index contributed by atoms with van der Waals surface area (Å²) in [5.41, 5.74) is 0.867. The van der Waals surface area contributed by atoms with Crippen LogP contribution in [-0.4, -0.2) is 30.6 Å². The highest BCUT2D eigenvalue weighted by Crippen LogP contribution is 2.38. The molecule has 0 aliphatic heterocycles. The summed E-state index contributed by atoms with van der Waals surface area (Å²) >= 11 is 5.91. The van der Waals surface area contributed by atoms with Gasteiger partial charge in [-0.2, -0.15) is 0 Å². The number of hydrogen-bond acceptors (Lipinski definition) is 3. The Morgan fingerprint density at radius 1 is 1.50 bits per heavy atom. The average Bonchev–Trinajstić information content (AvgIpc) is 3.19. The van der Waals surface area contributed by atoms with E-state index in [0.717, 1.165) is 5.56 Å². The molecule has 1 saturated carbocycles.